The van der Waals surface area contributed by atoms with E-state index in [0.717, 1.165) is 23.6 Å². The van der Waals surface area contributed by atoms with Crippen LogP contribution in [0.25, 0.3) is 0 Å². The monoisotopic (exact) mass is 357 g/mol. The van der Waals surface area contributed by atoms with E-state index in [4.69, 9.17) is 4.74 Å². The lowest BCUT2D eigenvalue weighted by Crippen LogP contribution is -2.23. The maximum absolute atomic E-state index is 14.3. The maximum atomic E-state index is 14.3. The quantitative estimate of drug-likeness (QED) is 0.805. The van der Waals surface area contributed by atoms with Crippen molar-refractivity contribution in [3.8, 4) is 5.75 Å². The van der Waals surface area contributed by atoms with Crippen molar-refractivity contribution in [3.63, 3.8) is 0 Å². The largest absolute Gasteiger partial charge is 0.496 e. The van der Waals surface area contributed by atoms with Crippen molar-refractivity contribution in [2.24, 2.45) is 0 Å². The first-order valence-corrected chi connectivity index (χ1v) is 8.14. The van der Waals surface area contributed by atoms with Gasteiger partial charge in [-0.05, 0) is 41.0 Å². The zero-order valence-electron chi connectivity index (χ0n) is 11.5. The lowest BCUT2D eigenvalue weighted by atomic mass is 10.0. The number of benzene rings is 1. The molecule has 0 spiro atoms. The van der Waals surface area contributed by atoms with Gasteiger partial charge in [-0.25, -0.2) is 4.39 Å². The van der Waals surface area contributed by atoms with Crippen LogP contribution in [0.15, 0.2) is 34.1 Å². The van der Waals surface area contributed by atoms with Crippen LogP contribution in [-0.2, 0) is 0 Å². The van der Waals surface area contributed by atoms with Crippen LogP contribution in [-0.4, -0.2) is 13.7 Å². The minimum atomic E-state index is -0.214. The van der Waals surface area contributed by atoms with Crippen molar-refractivity contribution in [1.82, 2.24) is 5.32 Å². The highest BCUT2D eigenvalue weighted by molar-refractivity contribution is 9.10. The van der Waals surface area contributed by atoms with Crippen LogP contribution in [0.3, 0.4) is 0 Å². The number of hydrogen-bond acceptors (Lipinski definition) is 3. The van der Waals surface area contributed by atoms with Crippen molar-refractivity contribution in [2.75, 3.05) is 13.7 Å². The Labute approximate surface area is 131 Å². The number of thiophene rings is 1. The van der Waals surface area contributed by atoms with E-state index in [1.807, 2.05) is 23.6 Å². The Morgan fingerprint density at radius 3 is 2.90 bits per heavy atom. The van der Waals surface area contributed by atoms with Gasteiger partial charge in [0.25, 0.3) is 0 Å². The molecule has 1 aromatic heterocycles. The van der Waals surface area contributed by atoms with Gasteiger partial charge in [0.15, 0.2) is 0 Å². The zero-order valence-corrected chi connectivity index (χ0v) is 13.9. The molecule has 1 atom stereocenters. The summed E-state index contributed by atoms with van der Waals surface area (Å²) in [4.78, 5) is 1.05. The van der Waals surface area contributed by atoms with E-state index in [0.29, 0.717) is 10.0 Å². The van der Waals surface area contributed by atoms with Crippen molar-refractivity contribution in [2.45, 2.75) is 19.4 Å². The molecule has 0 saturated heterocycles. The van der Waals surface area contributed by atoms with E-state index in [9.17, 15) is 4.39 Å². The van der Waals surface area contributed by atoms with Crippen molar-refractivity contribution in [3.05, 3.63) is 50.4 Å². The van der Waals surface area contributed by atoms with Crippen molar-refractivity contribution < 1.29 is 9.13 Å². The summed E-state index contributed by atoms with van der Waals surface area (Å²) in [6, 6.07) is 7.19. The zero-order chi connectivity index (χ0) is 14.5. The molecule has 0 amide bonds. The van der Waals surface area contributed by atoms with E-state index in [1.54, 1.807) is 24.5 Å². The number of methoxy groups -OCH3 is 1. The molecule has 0 fully saturated rings. The molecule has 0 aliphatic rings. The van der Waals surface area contributed by atoms with Gasteiger partial charge in [0.1, 0.15) is 11.6 Å². The average Bonchev–Trinajstić information content (AvgIpc) is 2.92. The van der Waals surface area contributed by atoms with Crippen molar-refractivity contribution >= 4 is 27.3 Å². The van der Waals surface area contributed by atoms with E-state index in [-0.39, 0.29) is 11.9 Å². The molecule has 1 N–H and O–H groups in total. The van der Waals surface area contributed by atoms with E-state index in [2.05, 4.69) is 28.2 Å². The minimum absolute atomic E-state index is 0.152. The molecule has 0 bridgehead atoms. The summed E-state index contributed by atoms with van der Waals surface area (Å²) < 4.78 is 20.0. The third-order valence-corrected chi connectivity index (χ3v) is 4.60. The third-order valence-electron chi connectivity index (χ3n) is 3.01. The normalized spacial score (nSPS) is 12.4. The molecule has 108 valence electrons. The third kappa shape index (κ3) is 3.40. The molecular weight excluding hydrogens is 341 g/mol. The number of nitrogens with one attached hydrogen (secondary N) is 1. The van der Waals surface area contributed by atoms with E-state index in [1.165, 1.54) is 0 Å². The summed E-state index contributed by atoms with van der Waals surface area (Å²) in [5, 5.41) is 5.34. The average molecular weight is 358 g/mol. The lowest BCUT2D eigenvalue weighted by Gasteiger charge is -2.18. The Hall–Kier alpha value is -0.910. The molecule has 2 aromatic rings. The molecule has 1 aromatic carbocycles. The molecule has 20 heavy (non-hydrogen) atoms. The van der Waals surface area contributed by atoms with Crippen LogP contribution in [0, 0.1) is 5.82 Å². The van der Waals surface area contributed by atoms with Gasteiger partial charge < -0.3 is 10.1 Å². The topological polar surface area (TPSA) is 21.3 Å². The molecule has 1 heterocycles. The van der Waals surface area contributed by atoms with Gasteiger partial charge in [-0.3, -0.25) is 0 Å². The second-order valence-corrected chi connectivity index (χ2v) is 6.22. The van der Waals surface area contributed by atoms with Crippen LogP contribution in [0.2, 0.25) is 0 Å². The second-order valence-electron chi connectivity index (χ2n) is 4.42. The number of halogens is 2. The van der Waals surface area contributed by atoms with Crippen LogP contribution in [0.1, 0.15) is 29.8 Å². The predicted molar refractivity (Wildman–Crippen MR) is 85.1 cm³/mol. The highest BCUT2D eigenvalue weighted by atomic mass is 79.9. The summed E-state index contributed by atoms with van der Waals surface area (Å²) in [5.41, 5.74) is 0.650. The Morgan fingerprint density at radius 2 is 2.25 bits per heavy atom. The fourth-order valence-corrected chi connectivity index (χ4v) is 3.32. The van der Waals surface area contributed by atoms with Gasteiger partial charge in [0, 0.05) is 15.8 Å². The van der Waals surface area contributed by atoms with Crippen LogP contribution < -0.4 is 10.1 Å². The summed E-state index contributed by atoms with van der Waals surface area (Å²) in [5.74, 6) is 0.595. The number of hydrogen-bond donors (Lipinski definition) is 1. The highest BCUT2D eigenvalue weighted by Crippen LogP contribution is 2.33. The van der Waals surface area contributed by atoms with Gasteiger partial charge in [0.2, 0.25) is 0 Å². The Balaban J connectivity index is 2.38. The molecule has 5 heteroatoms. The van der Waals surface area contributed by atoms with Crippen LogP contribution in [0.4, 0.5) is 4.39 Å². The van der Waals surface area contributed by atoms with Crippen LogP contribution >= 0.6 is 27.3 Å². The first-order chi connectivity index (χ1) is 9.67. The summed E-state index contributed by atoms with van der Waals surface area (Å²) in [7, 11) is 1.64. The van der Waals surface area contributed by atoms with Crippen LogP contribution in [0.5, 0.6) is 5.75 Å². The van der Waals surface area contributed by atoms with E-state index < -0.39 is 0 Å². The summed E-state index contributed by atoms with van der Waals surface area (Å²) in [6.07, 6.45) is 0.995. The smallest absolute Gasteiger partial charge is 0.142 e. The van der Waals surface area contributed by atoms with Gasteiger partial charge in [-0.15, -0.1) is 11.3 Å². The number of rotatable bonds is 6. The Bertz CT molecular complexity index is 573. The molecule has 2 rings (SSSR count). The Kier molecular flexibility index (Phi) is 5.57. The highest BCUT2D eigenvalue weighted by Gasteiger charge is 2.20. The SMILES string of the molecule is CCCNC(c1cc(OC)cs1)c1cccc(Br)c1F. The predicted octanol–water partition coefficient (Wildman–Crippen LogP) is 4.75. The maximum Gasteiger partial charge on any atom is 0.142 e. The molecule has 0 radical (unpaired) electrons. The summed E-state index contributed by atoms with van der Waals surface area (Å²) in [6.45, 7) is 2.92. The molecule has 1 unspecified atom stereocenters. The van der Waals surface area contributed by atoms with Gasteiger partial charge in [0.05, 0.1) is 17.6 Å². The molecule has 0 aliphatic carbocycles. The first-order valence-electron chi connectivity index (χ1n) is 6.47. The van der Waals surface area contributed by atoms with Crippen molar-refractivity contribution in [1.29, 1.82) is 0 Å². The molecule has 0 saturated carbocycles. The van der Waals surface area contributed by atoms with E-state index >= 15 is 0 Å². The van der Waals surface area contributed by atoms with Gasteiger partial charge in [-0.2, -0.15) is 0 Å². The second kappa shape index (κ2) is 7.20. The fourth-order valence-electron chi connectivity index (χ4n) is 1.99. The molecule has 2 nitrogen and oxygen atoms in total. The minimum Gasteiger partial charge on any atom is -0.496 e. The molecule has 0 aliphatic heterocycles. The summed E-state index contributed by atoms with van der Waals surface area (Å²) >= 11 is 4.82. The number of ether oxygens (including phenoxy) is 1. The van der Waals surface area contributed by atoms with Gasteiger partial charge >= 0.3 is 0 Å². The molecular formula is C15H17BrFNOS. The Morgan fingerprint density at radius 1 is 1.45 bits per heavy atom. The first kappa shape index (κ1) is 15.5. The standard InChI is InChI=1S/C15H17BrFNOS/c1-3-7-18-15(13-8-10(19-2)9-20-13)11-5-4-6-12(16)14(11)17/h4-6,8-9,15,18H,3,7H2,1-2H3. The fraction of sp³-hybridized carbons (Fsp3) is 0.333. The van der Waals surface area contributed by atoms with Gasteiger partial charge in [-0.1, -0.05) is 19.1 Å². The lowest BCUT2D eigenvalue weighted by molar-refractivity contribution is 0.416.